The van der Waals surface area contributed by atoms with Crippen molar-refractivity contribution in [2.24, 2.45) is 11.8 Å². The Morgan fingerprint density at radius 2 is 2.03 bits per heavy atom. The Morgan fingerprint density at radius 3 is 2.86 bits per heavy atom. The number of ether oxygens (including phenoxy) is 1. The maximum absolute atomic E-state index is 12.8. The molecule has 0 aromatic heterocycles. The van der Waals surface area contributed by atoms with Gasteiger partial charge in [0, 0.05) is 11.8 Å². The van der Waals surface area contributed by atoms with Crippen LogP contribution in [0.3, 0.4) is 0 Å². The van der Waals surface area contributed by atoms with Gasteiger partial charge in [-0.3, -0.25) is 4.79 Å². The molecule has 1 aliphatic heterocycles. The smallest absolute Gasteiger partial charge is 0.316 e. The largest absolute Gasteiger partial charge is 0.459 e. The first-order chi connectivity index (χ1) is 16.8. The Bertz CT molecular complexity index is 1170. The van der Waals surface area contributed by atoms with Crippen molar-refractivity contribution in [1.29, 1.82) is 0 Å². The normalized spacial score (nSPS) is 23.2. The summed E-state index contributed by atoms with van der Waals surface area (Å²) in [5.74, 6) is 2.75. The van der Waals surface area contributed by atoms with E-state index in [0.717, 1.165) is 47.4 Å². The van der Waals surface area contributed by atoms with Crippen molar-refractivity contribution in [3.05, 3.63) is 58.5 Å². The third kappa shape index (κ3) is 7.01. The number of fused-ring (bicyclic) bond motifs is 3. The minimum Gasteiger partial charge on any atom is -0.459 e. The number of carbonyl (C=O) groups is 1. The van der Waals surface area contributed by atoms with E-state index in [-0.39, 0.29) is 5.97 Å². The van der Waals surface area contributed by atoms with Crippen molar-refractivity contribution in [2.75, 3.05) is 12.3 Å². The molecule has 0 radical (unpaired) electrons. The van der Waals surface area contributed by atoms with Crippen LogP contribution < -0.4 is 15.8 Å². The number of allylic oxidation sites excluding steroid dienone is 2. The Kier molecular flexibility index (Phi) is 8.77. The molecular formula is C31H41NO2S. The molecule has 1 N–H and O–H groups in total. The standard InChI is InChI=1S/C31H41NO2S/c1-5-6-10-27-22(2)16-25-9-7-8-11-28(25)29(27)20-35-21-30(33)34-31(3,4)15-14-26-18-23-12-13-24(17-23)19-32-26/h5-11,16,23-24,26,32H,2,12-15,17-21H2,1,3-4H3. The van der Waals surface area contributed by atoms with Crippen molar-refractivity contribution in [3.63, 3.8) is 0 Å². The van der Waals surface area contributed by atoms with Crippen LogP contribution in [0.1, 0.15) is 64.9 Å². The van der Waals surface area contributed by atoms with Crippen molar-refractivity contribution in [1.82, 2.24) is 5.32 Å². The van der Waals surface area contributed by atoms with E-state index in [1.807, 2.05) is 13.0 Å². The average Bonchev–Trinajstić information content (AvgIpc) is 3.16. The molecule has 2 aromatic rings. The minimum absolute atomic E-state index is 0.123. The van der Waals surface area contributed by atoms with Gasteiger partial charge in [-0.2, -0.15) is 0 Å². The molecule has 1 saturated heterocycles. The van der Waals surface area contributed by atoms with E-state index in [9.17, 15) is 4.79 Å². The number of esters is 1. The Morgan fingerprint density at radius 1 is 1.23 bits per heavy atom. The Labute approximate surface area is 215 Å². The first kappa shape index (κ1) is 26.0. The highest BCUT2D eigenvalue weighted by Crippen LogP contribution is 2.37. The second-order valence-electron chi connectivity index (χ2n) is 11.0. The number of carbonyl (C=O) groups excluding carboxylic acids is 1. The fourth-order valence-corrected chi connectivity index (χ4v) is 6.66. The van der Waals surface area contributed by atoms with Crippen LogP contribution in [0.25, 0.3) is 23.4 Å². The van der Waals surface area contributed by atoms with Gasteiger partial charge >= 0.3 is 5.97 Å². The zero-order chi connectivity index (χ0) is 24.8. The van der Waals surface area contributed by atoms with Gasteiger partial charge in [-0.1, -0.05) is 55.5 Å². The van der Waals surface area contributed by atoms with Crippen LogP contribution in [-0.4, -0.2) is 29.9 Å². The molecule has 188 valence electrons. The van der Waals surface area contributed by atoms with Gasteiger partial charge in [-0.25, -0.2) is 0 Å². The van der Waals surface area contributed by atoms with E-state index in [4.69, 9.17) is 4.74 Å². The zero-order valence-electron chi connectivity index (χ0n) is 21.6. The highest BCUT2D eigenvalue weighted by Gasteiger charge is 2.32. The summed E-state index contributed by atoms with van der Waals surface area (Å²) in [4.78, 5) is 12.8. The molecule has 3 atom stereocenters. The molecule has 1 saturated carbocycles. The van der Waals surface area contributed by atoms with Crippen LogP contribution in [0, 0.1) is 11.8 Å². The molecule has 0 spiro atoms. The lowest BCUT2D eigenvalue weighted by Crippen LogP contribution is -2.36. The summed E-state index contributed by atoms with van der Waals surface area (Å²) < 4.78 is 5.95. The highest BCUT2D eigenvalue weighted by molar-refractivity contribution is 7.99. The highest BCUT2D eigenvalue weighted by atomic mass is 32.2. The summed E-state index contributed by atoms with van der Waals surface area (Å²) in [7, 11) is 0. The number of nitrogens with one attached hydrogen (secondary N) is 1. The van der Waals surface area contributed by atoms with Crippen LogP contribution >= 0.6 is 11.8 Å². The average molecular weight is 492 g/mol. The minimum atomic E-state index is -0.435. The lowest BCUT2D eigenvalue weighted by Gasteiger charge is -2.28. The quantitative estimate of drug-likeness (QED) is 0.455. The van der Waals surface area contributed by atoms with Gasteiger partial charge in [0.1, 0.15) is 5.60 Å². The van der Waals surface area contributed by atoms with E-state index in [1.54, 1.807) is 11.8 Å². The third-order valence-corrected chi connectivity index (χ3v) is 8.59. The maximum atomic E-state index is 12.8. The lowest BCUT2D eigenvalue weighted by molar-refractivity contribution is -0.153. The monoisotopic (exact) mass is 491 g/mol. The van der Waals surface area contributed by atoms with Gasteiger partial charge < -0.3 is 10.1 Å². The van der Waals surface area contributed by atoms with Gasteiger partial charge in [-0.15, -0.1) is 11.8 Å². The Hall–Kier alpha value is -2.04. The molecule has 35 heavy (non-hydrogen) atoms. The van der Waals surface area contributed by atoms with E-state index in [2.05, 4.69) is 68.2 Å². The lowest BCUT2D eigenvalue weighted by atomic mass is 9.92. The molecule has 0 amide bonds. The molecule has 3 nitrogen and oxygen atoms in total. The SMILES string of the molecule is C=c1cc2ccccc2c(CSCC(=O)OC(C)(C)CCC2CC3CCC(CN2)C3)c1=CC=CC. The molecule has 1 heterocycles. The summed E-state index contributed by atoms with van der Waals surface area (Å²) in [6.07, 6.45) is 13.7. The van der Waals surface area contributed by atoms with Crippen LogP contribution in [0.5, 0.6) is 0 Å². The third-order valence-electron chi connectivity index (χ3n) is 7.66. The van der Waals surface area contributed by atoms with Gasteiger partial charge in [0.15, 0.2) is 0 Å². The number of thioether (sulfide) groups is 1. The van der Waals surface area contributed by atoms with Gasteiger partial charge in [0.2, 0.25) is 0 Å². The van der Waals surface area contributed by atoms with Gasteiger partial charge in [0.05, 0.1) is 5.75 Å². The predicted octanol–water partition coefficient (Wildman–Crippen LogP) is 5.72. The summed E-state index contributed by atoms with van der Waals surface area (Å²) >= 11 is 1.62. The number of rotatable bonds is 9. The van der Waals surface area contributed by atoms with E-state index < -0.39 is 5.60 Å². The van der Waals surface area contributed by atoms with Crippen molar-refractivity contribution in [2.45, 2.75) is 76.7 Å². The van der Waals surface area contributed by atoms with Crippen LogP contribution in [-0.2, 0) is 15.3 Å². The van der Waals surface area contributed by atoms with Gasteiger partial charge in [0.25, 0.3) is 0 Å². The van der Waals surface area contributed by atoms with Gasteiger partial charge in [-0.05, 0) is 104 Å². The number of hydrogen-bond acceptors (Lipinski definition) is 4. The zero-order valence-corrected chi connectivity index (χ0v) is 22.5. The fraction of sp³-hybridized carbons (Fsp3) is 0.516. The molecule has 4 heteroatoms. The number of benzene rings is 2. The molecule has 3 unspecified atom stereocenters. The fourth-order valence-electron chi connectivity index (χ4n) is 5.82. The molecule has 2 bridgehead atoms. The topological polar surface area (TPSA) is 38.3 Å². The summed E-state index contributed by atoms with van der Waals surface area (Å²) in [5.41, 5.74) is 0.798. The predicted molar refractivity (Wildman–Crippen MR) is 151 cm³/mol. The summed E-state index contributed by atoms with van der Waals surface area (Å²) in [5, 5.41) is 8.35. The molecule has 2 fully saturated rings. The van der Waals surface area contributed by atoms with E-state index >= 15 is 0 Å². The van der Waals surface area contributed by atoms with Crippen LogP contribution in [0.2, 0.25) is 0 Å². The molecule has 2 aliphatic rings. The van der Waals surface area contributed by atoms with Crippen molar-refractivity contribution in [3.8, 4) is 0 Å². The Balaban J connectivity index is 1.33. The summed E-state index contributed by atoms with van der Waals surface area (Å²) in [6, 6.07) is 11.1. The van der Waals surface area contributed by atoms with Crippen molar-refractivity contribution >= 4 is 41.2 Å². The van der Waals surface area contributed by atoms with E-state index in [0.29, 0.717) is 11.8 Å². The molecule has 1 aliphatic carbocycles. The van der Waals surface area contributed by atoms with E-state index in [1.165, 1.54) is 42.0 Å². The van der Waals surface area contributed by atoms with Crippen LogP contribution in [0.4, 0.5) is 0 Å². The van der Waals surface area contributed by atoms with Crippen LogP contribution in [0.15, 0.2) is 42.5 Å². The molecule has 2 aromatic carbocycles. The molecular weight excluding hydrogens is 450 g/mol. The van der Waals surface area contributed by atoms with Crippen molar-refractivity contribution < 1.29 is 9.53 Å². The second-order valence-corrected chi connectivity index (χ2v) is 12.0. The maximum Gasteiger partial charge on any atom is 0.316 e. The molecule has 4 rings (SSSR count). The number of hydrogen-bond donors (Lipinski definition) is 1. The second kappa shape index (κ2) is 11.8. The first-order valence-electron chi connectivity index (χ1n) is 13.2. The first-order valence-corrected chi connectivity index (χ1v) is 14.4. The summed E-state index contributed by atoms with van der Waals surface area (Å²) in [6.45, 7) is 11.6.